The van der Waals surface area contributed by atoms with Crippen LogP contribution in [0.2, 0.25) is 0 Å². The second kappa shape index (κ2) is 9.00. The van der Waals surface area contributed by atoms with Crippen molar-refractivity contribution < 1.29 is 9.30 Å². The van der Waals surface area contributed by atoms with Crippen LogP contribution in [0.4, 0.5) is 16.5 Å². The summed E-state index contributed by atoms with van der Waals surface area (Å²) in [6, 6.07) is 11.8. The third kappa shape index (κ3) is 4.62. The van der Waals surface area contributed by atoms with Gasteiger partial charge in [-0.2, -0.15) is 0 Å². The molecule has 0 bridgehead atoms. The lowest BCUT2D eigenvalue weighted by atomic mass is 10.2. The first-order valence-electron chi connectivity index (χ1n) is 9.74. The maximum Gasteiger partial charge on any atom is 0.243 e. The SMILES string of the molecule is CCN(CCn1cc[n+](C)c1)c1ccc(/N=N/c2nc3ccc(OC)nc3s2)cc1. The highest BCUT2D eigenvalue weighted by atomic mass is 32.1. The standard InChI is InChI=1S/C21H24N7OS/c1-4-28(14-13-27-12-11-26(2)15-27)17-7-5-16(6-8-17)24-25-21-22-18-9-10-19(29-3)23-20(18)30-21/h5-12,15H,4,13-14H2,1-3H3/q+1/b25-24+. The Morgan fingerprint density at radius 3 is 2.67 bits per heavy atom. The van der Waals surface area contributed by atoms with Crippen LogP contribution in [0.5, 0.6) is 5.88 Å². The van der Waals surface area contributed by atoms with E-state index in [4.69, 9.17) is 4.74 Å². The van der Waals surface area contributed by atoms with E-state index in [0.717, 1.165) is 35.7 Å². The van der Waals surface area contributed by atoms with Crippen LogP contribution >= 0.6 is 11.3 Å². The molecule has 0 aliphatic rings. The van der Waals surface area contributed by atoms with Crippen LogP contribution in [-0.4, -0.2) is 34.7 Å². The average Bonchev–Trinajstić information content (AvgIpc) is 3.38. The number of nitrogens with zero attached hydrogens (tertiary/aromatic N) is 7. The summed E-state index contributed by atoms with van der Waals surface area (Å²) in [4.78, 5) is 11.9. The number of benzene rings is 1. The predicted molar refractivity (Wildman–Crippen MR) is 118 cm³/mol. The zero-order valence-electron chi connectivity index (χ0n) is 17.3. The van der Waals surface area contributed by atoms with E-state index in [1.165, 1.54) is 17.0 Å². The van der Waals surface area contributed by atoms with Crippen LogP contribution in [0.1, 0.15) is 6.92 Å². The number of hydrogen-bond donors (Lipinski definition) is 0. The van der Waals surface area contributed by atoms with Gasteiger partial charge in [-0.1, -0.05) is 11.3 Å². The van der Waals surface area contributed by atoms with Crippen LogP contribution in [0, 0.1) is 0 Å². The maximum absolute atomic E-state index is 5.15. The van der Waals surface area contributed by atoms with Gasteiger partial charge in [0.25, 0.3) is 0 Å². The summed E-state index contributed by atoms with van der Waals surface area (Å²) in [6.45, 7) is 4.98. The second-order valence-corrected chi connectivity index (χ2v) is 7.74. The number of hydrogen-bond acceptors (Lipinski definition) is 7. The van der Waals surface area contributed by atoms with Crippen molar-refractivity contribution in [3.8, 4) is 5.88 Å². The molecule has 0 aliphatic carbocycles. The number of likely N-dealkylation sites (N-methyl/N-ethyl adjacent to an activating group) is 1. The first kappa shape index (κ1) is 20.0. The molecule has 154 valence electrons. The molecule has 0 fully saturated rings. The molecular formula is C21H24N7OS+. The number of anilines is 1. The zero-order chi connectivity index (χ0) is 20.9. The second-order valence-electron chi connectivity index (χ2n) is 6.79. The Balaban J connectivity index is 1.42. The molecule has 0 saturated carbocycles. The molecule has 0 N–H and O–H groups in total. The summed E-state index contributed by atoms with van der Waals surface area (Å²) in [5.41, 5.74) is 2.75. The molecule has 0 saturated heterocycles. The lowest BCUT2D eigenvalue weighted by molar-refractivity contribution is -0.671. The summed E-state index contributed by atoms with van der Waals surface area (Å²) >= 11 is 1.39. The minimum atomic E-state index is 0.566. The Bertz CT molecular complexity index is 1150. The third-order valence-electron chi connectivity index (χ3n) is 4.73. The molecule has 0 aliphatic heterocycles. The summed E-state index contributed by atoms with van der Waals surface area (Å²) < 4.78 is 9.39. The largest absolute Gasteiger partial charge is 0.481 e. The van der Waals surface area contributed by atoms with Gasteiger partial charge in [-0.3, -0.25) is 0 Å². The number of rotatable bonds is 8. The van der Waals surface area contributed by atoms with Crippen molar-refractivity contribution in [2.24, 2.45) is 17.3 Å². The van der Waals surface area contributed by atoms with Gasteiger partial charge in [-0.15, -0.1) is 10.2 Å². The highest BCUT2D eigenvalue weighted by molar-refractivity contribution is 7.21. The maximum atomic E-state index is 5.15. The first-order valence-corrected chi connectivity index (χ1v) is 10.6. The number of pyridine rings is 1. The zero-order valence-corrected chi connectivity index (χ0v) is 18.1. The fourth-order valence-electron chi connectivity index (χ4n) is 3.12. The van der Waals surface area contributed by atoms with Crippen molar-refractivity contribution in [1.82, 2.24) is 14.5 Å². The van der Waals surface area contributed by atoms with Gasteiger partial charge in [0.2, 0.25) is 17.3 Å². The topological polar surface area (TPSA) is 71.8 Å². The highest BCUT2D eigenvalue weighted by Gasteiger charge is 2.08. The molecule has 3 aromatic heterocycles. The number of imidazole rings is 1. The molecule has 30 heavy (non-hydrogen) atoms. The number of aryl methyl sites for hydroxylation is 1. The minimum Gasteiger partial charge on any atom is -0.481 e. The van der Waals surface area contributed by atoms with Gasteiger partial charge in [-0.25, -0.2) is 19.1 Å². The third-order valence-corrected chi connectivity index (χ3v) is 5.58. The minimum absolute atomic E-state index is 0.566. The van der Waals surface area contributed by atoms with E-state index in [9.17, 15) is 0 Å². The van der Waals surface area contributed by atoms with Crippen LogP contribution < -0.4 is 14.2 Å². The van der Waals surface area contributed by atoms with E-state index in [0.29, 0.717) is 11.0 Å². The number of fused-ring (bicyclic) bond motifs is 1. The smallest absolute Gasteiger partial charge is 0.243 e. The van der Waals surface area contributed by atoms with Crippen molar-refractivity contribution >= 4 is 38.2 Å². The number of methoxy groups -OCH3 is 1. The van der Waals surface area contributed by atoms with Gasteiger partial charge < -0.3 is 9.64 Å². The summed E-state index contributed by atoms with van der Waals surface area (Å²) in [7, 11) is 3.63. The normalized spacial score (nSPS) is 11.4. The summed E-state index contributed by atoms with van der Waals surface area (Å²) in [5, 5.41) is 9.17. The van der Waals surface area contributed by atoms with Crippen LogP contribution in [0.3, 0.4) is 0 Å². The molecule has 3 heterocycles. The Morgan fingerprint density at radius 1 is 1.13 bits per heavy atom. The fraction of sp³-hybridized carbons (Fsp3) is 0.286. The van der Waals surface area contributed by atoms with Gasteiger partial charge in [0.05, 0.1) is 26.4 Å². The highest BCUT2D eigenvalue weighted by Crippen LogP contribution is 2.29. The molecule has 0 spiro atoms. The average molecular weight is 423 g/mol. The van der Waals surface area contributed by atoms with E-state index < -0.39 is 0 Å². The van der Waals surface area contributed by atoms with Crippen LogP contribution in [0.25, 0.3) is 10.3 Å². The van der Waals surface area contributed by atoms with E-state index in [2.05, 4.69) is 61.2 Å². The quantitative estimate of drug-likeness (QED) is 0.314. The van der Waals surface area contributed by atoms with Crippen LogP contribution in [-0.2, 0) is 13.6 Å². The molecule has 9 heteroatoms. The molecular weight excluding hydrogens is 398 g/mol. The number of azo groups is 1. The van der Waals surface area contributed by atoms with Gasteiger partial charge in [0, 0.05) is 18.3 Å². The van der Waals surface area contributed by atoms with Crippen molar-refractivity contribution in [3.63, 3.8) is 0 Å². The predicted octanol–water partition coefficient (Wildman–Crippen LogP) is 4.27. The van der Waals surface area contributed by atoms with Crippen molar-refractivity contribution in [2.45, 2.75) is 13.5 Å². The summed E-state index contributed by atoms with van der Waals surface area (Å²) in [5.74, 6) is 0.566. The number of aromatic nitrogens is 4. The number of ether oxygens (including phenoxy) is 1. The van der Waals surface area contributed by atoms with E-state index in [1.54, 1.807) is 13.2 Å². The Kier molecular flexibility index (Phi) is 5.99. The monoisotopic (exact) mass is 422 g/mol. The van der Waals surface area contributed by atoms with Gasteiger partial charge in [-0.05, 0) is 37.3 Å². The van der Waals surface area contributed by atoms with Crippen LogP contribution in [0.15, 0.2) is 65.3 Å². The summed E-state index contributed by atoms with van der Waals surface area (Å²) in [6.07, 6.45) is 6.23. The van der Waals surface area contributed by atoms with Crippen molar-refractivity contribution in [3.05, 3.63) is 55.1 Å². The van der Waals surface area contributed by atoms with E-state index in [1.807, 2.05) is 36.0 Å². The van der Waals surface area contributed by atoms with Gasteiger partial charge in [0.1, 0.15) is 29.3 Å². The van der Waals surface area contributed by atoms with Crippen molar-refractivity contribution in [1.29, 1.82) is 0 Å². The molecule has 0 atom stereocenters. The van der Waals surface area contributed by atoms with Gasteiger partial charge in [0.15, 0.2) is 0 Å². The van der Waals surface area contributed by atoms with Crippen molar-refractivity contribution in [2.75, 3.05) is 25.1 Å². The molecule has 4 aromatic rings. The number of thiazole rings is 1. The Labute approximate surface area is 179 Å². The van der Waals surface area contributed by atoms with E-state index in [-0.39, 0.29) is 0 Å². The van der Waals surface area contributed by atoms with Gasteiger partial charge >= 0.3 is 0 Å². The lowest BCUT2D eigenvalue weighted by Gasteiger charge is -2.22. The molecule has 8 nitrogen and oxygen atoms in total. The molecule has 0 unspecified atom stereocenters. The van der Waals surface area contributed by atoms with E-state index >= 15 is 0 Å². The lowest BCUT2D eigenvalue weighted by Crippen LogP contribution is -2.28. The molecule has 0 radical (unpaired) electrons. The molecule has 4 rings (SSSR count). The Morgan fingerprint density at radius 2 is 1.97 bits per heavy atom. The molecule has 0 amide bonds. The molecule has 1 aromatic carbocycles. The first-order chi connectivity index (χ1) is 14.6. The Hall–Kier alpha value is -3.33. The fourth-order valence-corrected chi connectivity index (χ4v) is 3.87.